The predicted octanol–water partition coefficient (Wildman–Crippen LogP) is 2.05. The van der Waals surface area contributed by atoms with Crippen LogP contribution in [0.1, 0.15) is 41.9 Å². The molecular weight excluding hydrogens is 375 g/mol. The van der Waals surface area contributed by atoms with Gasteiger partial charge in [-0.1, -0.05) is 6.07 Å². The summed E-state index contributed by atoms with van der Waals surface area (Å²) in [4.78, 5) is 45.7. The Hall–Kier alpha value is -3.29. The summed E-state index contributed by atoms with van der Waals surface area (Å²) < 4.78 is 13.9. The molecule has 1 N–H and O–H groups in total. The number of aromatic nitrogens is 1. The number of benzene rings is 1. The van der Waals surface area contributed by atoms with Gasteiger partial charge in [0.05, 0.1) is 23.0 Å². The molecule has 1 saturated heterocycles. The highest BCUT2D eigenvalue weighted by Crippen LogP contribution is 2.32. The van der Waals surface area contributed by atoms with Gasteiger partial charge in [-0.15, -0.1) is 0 Å². The van der Waals surface area contributed by atoms with Gasteiger partial charge in [0, 0.05) is 12.7 Å². The van der Waals surface area contributed by atoms with Crippen LogP contribution in [0.2, 0.25) is 0 Å². The molecule has 8 heteroatoms. The van der Waals surface area contributed by atoms with E-state index >= 15 is 0 Å². The molecule has 1 aromatic carbocycles. The number of pyridine rings is 1. The summed E-state index contributed by atoms with van der Waals surface area (Å²) in [6.07, 6.45) is 2.88. The Morgan fingerprint density at radius 2 is 2.14 bits per heavy atom. The van der Waals surface area contributed by atoms with Gasteiger partial charge in [0.25, 0.3) is 5.91 Å². The second kappa shape index (κ2) is 7.62. The maximum Gasteiger partial charge on any atom is 0.256 e. The van der Waals surface area contributed by atoms with Gasteiger partial charge in [-0.05, 0) is 50.1 Å². The van der Waals surface area contributed by atoms with Gasteiger partial charge in [-0.25, -0.2) is 4.39 Å². The van der Waals surface area contributed by atoms with Crippen LogP contribution in [0.3, 0.4) is 0 Å². The van der Waals surface area contributed by atoms with E-state index < -0.39 is 17.8 Å². The van der Waals surface area contributed by atoms with Crippen molar-refractivity contribution in [2.75, 3.05) is 18.0 Å². The minimum atomic E-state index is -0.626. The van der Waals surface area contributed by atoms with Crippen LogP contribution in [-0.2, 0) is 9.59 Å². The number of nitrogens with one attached hydrogen (secondary N) is 1. The number of nitrogens with zero attached hydrogens (tertiary/aromatic N) is 3. The Morgan fingerprint density at radius 1 is 1.31 bits per heavy atom. The van der Waals surface area contributed by atoms with Crippen LogP contribution in [0.15, 0.2) is 42.6 Å². The van der Waals surface area contributed by atoms with E-state index in [1.807, 2.05) is 6.07 Å². The first-order valence-corrected chi connectivity index (χ1v) is 9.58. The first-order valence-electron chi connectivity index (χ1n) is 9.58. The molecule has 1 fully saturated rings. The molecule has 1 aromatic heterocycles. The number of anilines is 1. The molecule has 150 valence electrons. The second-order valence-corrected chi connectivity index (χ2v) is 7.29. The molecule has 2 aliphatic rings. The lowest BCUT2D eigenvalue weighted by molar-refractivity contribution is -0.126. The molecule has 29 heavy (non-hydrogen) atoms. The van der Waals surface area contributed by atoms with E-state index in [0.717, 1.165) is 12.5 Å². The Morgan fingerprint density at radius 3 is 2.90 bits per heavy atom. The van der Waals surface area contributed by atoms with E-state index in [1.165, 1.54) is 21.9 Å². The largest absolute Gasteiger partial charge is 0.346 e. The molecule has 4 rings (SSSR count). The minimum absolute atomic E-state index is 0.134. The van der Waals surface area contributed by atoms with Crippen LogP contribution >= 0.6 is 0 Å². The van der Waals surface area contributed by atoms with Crippen LogP contribution < -0.4 is 10.2 Å². The summed E-state index contributed by atoms with van der Waals surface area (Å²) in [5.41, 5.74) is 1.05. The van der Waals surface area contributed by atoms with E-state index in [4.69, 9.17) is 0 Å². The van der Waals surface area contributed by atoms with Crippen molar-refractivity contribution in [1.82, 2.24) is 15.2 Å². The first kappa shape index (κ1) is 19.0. The van der Waals surface area contributed by atoms with Gasteiger partial charge in [0.15, 0.2) is 0 Å². The van der Waals surface area contributed by atoms with Crippen LogP contribution in [0, 0.1) is 5.82 Å². The Kier molecular flexibility index (Phi) is 5.00. The van der Waals surface area contributed by atoms with E-state index in [-0.39, 0.29) is 35.7 Å². The van der Waals surface area contributed by atoms with Crippen molar-refractivity contribution >= 4 is 23.4 Å². The highest BCUT2D eigenvalue weighted by atomic mass is 19.1. The molecule has 0 saturated carbocycles. The Balaban J connectivity index is 1.62. The van der Waals surface area contributed by atoms with Gasteiger partial charge in [-0.2, -0.15) is 0 Å². The zero-order valence-electron chi connectivity index (χ0n) is 16.0. The lowest BCUT2D eigenvalue weighted by Gasteiger charge is -2.26. The molecular formula is C21H21FN4O3. The minimum Gasteiger partial charge on any atom is -0.346 e. The highest BCUT2D eigenvalue weighted by Gasteiger charge is 2.42. The summed E-state index contributed by atoms with van der Waals surface area (Å²) in [5, 5.41) is 2.81. The maximum atomic E-state index is 13.9. The summed E-state index contributed by atoms with van der Waals surface area (Å²) in [6.45, 7) is 1.97. The molecule has 0 spiro atoms. The van der Waals surface area contributed by atoms with Gasteiger partial charge < -0.3 is 15.1 Å². The molecule has 2 aromatic rings. The fourth-order valence-corrected chi connectivity index (χ4v) is 3.93. The SMILES string of the molecule is C[C@H](NC(=O)CN1C(=O)[C@@H]2CCCN2C(=O)c2ccc(F)cc21)c1ccccn1. The van der Waals surface area contributed by atoms with Gasteiger partial charge in [0.2, 0.25) is 11.8 Å². The van der Waals surface area contributed by atoms with Crippen molar-refractivity contribution in [1.29, 1.82) is 0 Å². The van der Waals surface area contributed by atoms with Gasteiger partial charge in [0.1, 0.15) is 18.4 Å². The number of fused-ring (bicyclic) bond motifs is 2. The summed E-state index contributed by atoms with van der Waals surface area (Å²) in [6, 6.07) is 8.12. The van der Waals surface area contributed by atoms with E-state index in [1.54, 1.807) is 25.3 Å². The fraction of sp³-hybridized carbons (Fsp3) is 0.333. The molecule has 3 heterocycles. The van der Waals surface area contributed by atoms with Crippen molar-refractivity contribution in [2.24, 2.45) is 0 Å². The molecule has 7 nitrogen and oxygen atoms in total. The van der Waals surface area contributed by atoms with Gasteiger partial charge in [-0.3, -0.25) is 19.4 Å². The zero-order chi connectivity index (χ0) is 20.5. The van der Waals surface area contributed by atoms with Crippen molar-refractivity contribution in [2.45, 2.75) is 31.8 Å². The number of carbonyl (C=O) groups is 3. The number of rotatable bonds is 4. The summed E-state index contributed by atoms with van der Waals surface area (Å²) in [5.74, 6) is -1.65. The molecule has 0 unspecified atom stereocenters. The second-order valence-electron chi connectivity index (χ2n) is 7.29. The van der Waals surface area contributed by atoms with Crippen molar-refractivity contribution in [3.63, 3.8) is 0 Å². The van der Waals surface area contributed by atoms with Crippen LogP contribution in [-0.4, -0.2) is 46.7 Å². The maximum absolute atomic E-state index is 13.9. The lowest BCUT2D eigenvalue weighted by Crippen LogP contribution is -2.48. The highest BCUT2D eigenvalue weighted by molar-refractivity contribution is 6.12. The molecule has 0 radical (unpaired) electrons. The fourth-order valence-electron chi connectivity index (χ4n) is 3.93. The van der Waals surface area contributed by atoms with E-state index in [0.29, 0.717) is 18.7 Å². The summed E-state index contributed by atoms with van der Waals surface area (Å²) in [7, 11) is 0. The zero-order valence-corrected chi connectivity index (χ0v) is 16.0. The molecule has 0 bridgehead atoms. The molecule has 3 amide bonds. The third-order valence-corrected chi connectivity index (χ3v) is 5.36. The van der Waals surface area contributed by atoms with Crippen molar-refractivity contribution in [3.05, 3.63) is 59.7 Å². The van der Waals surface area contributed by atoms with Crippen LogP contribution in [0.5, 0.6) is 0 Å². The van der Waals surface area contributed by atoms with Crippen LogP contribution in [0.4, 0.5) is 10.1 Å². The summed E-state index contributed by atoms with van der Waals surface area (Å²) >= 11 is 0. The third-order valence-electron chi connectivity index (χ3n) is 5.36. The Labute approximate surface area is 167 Å². The number of hydrogen-bond acceptors (Lipinski definition) is 4. The normalized spacial score (nSPS) is 19.4. The number of carbonyl (C=O) groups excluding carboxylic acids is 3. The Bertz CT molecular complexity index is 966. The molecule has 2 atom stereocenters. The van der Waals surface area contributed by atoms with E-state index in [2.05, 4.69) is 10.3 Å². The average molecular weight is 396 g/mol. The molecule has 2 aliphatic heterocycles. The third kappa shape index (κ3) is 3.57. The topological polar surface area (TPSA) is 82.6 Å². The van der Waals surface area contributed by atoms with E-state index in [9.17, 15) is 18.8 Å². The number of amides is 3. The average Bonchev–Trinajstić information content (AvgIpc) is 3.19. The first-order chi connectivity index (χ1) is 14.0. The standard InChI is InChI=1S/C21H21FN4O3/c1-13(16-5-2-3-9-23-16)24-19(27)12-26-18-11-14(22)7-8-15(18)20(28)25-10-4-6-17(25)21(26)29/h2-3,5,7-9,11,13,17H,4,6,10,12H2,1H3,(H,24,27)/t13-,17-/m0/s1. The predicted molar refractivity (Wildman–Crippen MR) is 104 cm³/mol. The van der Waals surface area contributed by atoms with Crippen molar-refractivity contribution in [3.8, 4) is 0 Å². The van der Waals surface area contributed by atoms with Gasteiger partial charge >= 0.3 is 0 Å². The number of halogens is 1. The van der Waals surface area contributed by atoms with Crippen molar-refractivity contribution < 1.29 is 18.8 Å². The quantitative estimate of drug-likeness (QED) is 0.858. The smallest absolute Gasteiger partial charge is 0.256 e. The molecule has 0 aliphatic carbocycles. The monoisotopic (exact) mass is 396 g/mol. The lowest BCUT2D eigenvalue weighted by atomic mass is 10.1. The van der Waals surface area contributed by atoms with Crippen LogP contribution in [0.25, 0.3) is 0 Å². The number of hydrogen-bond donors (Lipinski definition) is 1.